The number of benzene rings is 4. The van der Waals surface area contributed by atoms with Gasteiger partial charge in [-0.2, -0.15) is 0 Å². The summed E-state index contributed by atoms with van der Waals surface area (Å²) >= 11 is 0. The number of phenols is 4. The molecule has 4 nitrogen and oxygen atoms in total. The summed E-state index contributed by atoms with van der Waals surface area (Å²) in [5.74, 6) is 1.46. The SMILES string of the molecule is CCC(C)(c1ccc(O)cc1)c1ccc(O)cc1.CCCC(c1ccc(O)cc1)c1ccc(O)cc1. The number of rotatable bonds is 7. The van der Waals surface area contributed by atoms with Crippen LogP contribution in [0.1, 0.15) is 68.2 Å². The van der Waals surface area contributed by atoms with E-state index in [2.05, 4.69) is 20.8 Å². The lowest BCUT2D eigenvalue weighted by atomic mass is 9.74. The fourth-order valence-corrected chi connectivity index (χ4v) is 4.46. The molecule has 4 N–H and O–H groups in total. The van der Waals surface area contributed by atoms with Crippen LogP contribution in [0.4, 0.5) is 0 Å². The first-order chi connectivity index (χ1) is 17.3. The van der Waals surface area contributed by atoms with Crippen LogP contribution < -0.4 is 0 Å². The van der Waals surface area contributed by atoms with E-state index in [1.54, 1.807) is 48.5 Å². The summed E-state index contributed by atoms with van der Waals surface area (Å²) in [5.41, 5.74) is 4.60. The highest BCUT2D eigenvalue weighted by molar-refractivity contribution is 5.42. The maximum Gasteiger partial charge on any atom is 0.115 e. The third-order valence-corrected chi connectivity index (χ3v) is 6.88. The summed E-state index contributed by atoms with van der Waals surface area (Å²) in [7, 11) is 0. The fourth-order valence-electron chi connectivity index (χ4n) is 4.46. The van der Waals surface area contributed by atoms with Crippen LogP contribution in [0, 0.1) is 0 Å². The van der Waals surface area contributed by atoms with Gasteiger partial charge in [-0.05, 0) is 83.6 Å². The highest BCUT2D eigenvalue weighted by Crippen LogP contribution is 2.36. The molecule has 4 rings (SSSR count). The Morgan fingerprint density at radius 2 is 0.833 bits per heavy atom. The molecule has 4 heteroatoms. The molecule has 0 spiro atoms. The van der Waals surface area contributed by atoms with Gasteiger partial charge in [-0.1, -0.05) is 75.7 Å². The summed E-state index contributed by atoms with van der Waals surface area (Å²) in [5, 5.41) is 37.4. The van der Waals surface area contributed by atoms with Crippen LogP contribution in [0.2, 0.25) is 0 Å². The lowest BCUT2D eigenvalue weighted by Crippen LogP contribution is -2.22. The Morgan fingerprint density at radius 3 is 1.11 bits per heavy atom. The van der Waals surface area contributed by atoms with Gasteiger partial charge >= 0.3 is 0 Å². The van der Waals surface area contributed by atoms with Gasteiger partial charge in [0.1, 0.15) is 23.0 Å². The summed E-state index contributed by atoms with van der Waals surface area (Å²) in [4.78, 5) is 0. The summed E-state index contributed by atoms with van der Waals surface area (Å²) in [6.07, 6.45) is 3.09. The highest BCUT2D eigenvalue weighted by atomic mass is 16.3. The number of aromatic hydroxyl groups is 4. The molecule has 36 heavy (non-hydrogen) atoms. The molecule has 0 aliphatic heterocycles. The van der Waals surface area contributed by atoms with Crippen molar-refractivity contribution in [1.82, 2.24) is 0 Å². The third-order valence-electron chi connectivity index (χ3n) is 6.88. The predicted octanol–water partition coefficient (Wildman–Crippen LogP) is 7.84. The minimum absolute atomic E-state index is 0.110. The fraction of sp³-hybridized carbons (Fsp3) is 0.250. The average molecular weight is 485 g/mol. The van der Waals surface area contributed by atoms with Crippen molar-refractivity contribution in [3.05, 3.63) is 119 Å². The molecule has 0 atom stereocenters. The molecule has 0 fully saturated rings. The van der Waals surface area contributed by atoms with Crippen molar-refractivity contribution in [2.75, 3.05) is 0 Å². The minimum atomic E-state index is -0.110. The van der Waals surface area contributed by atoms with E-state index in [9.17, 15) is 20.4 Å². The van der Waals surface area contributed by atoms with Crippen LogP contribution in [0.5, 0.6) is 23.0 Å². The molecular formula is C32H36O4. The quantitative estimate of drug-likeness (QED) is 0.215. The van der Waals surface area contributed by atoms with Crippen LogP contribution >= 0.6 is 0 Å². The van der Waals surface area contributed by atoms with Crippen molar-refractivity contribution >= 4 is 0 Å². The minimum Gasteiger partial charge on any atom is -0.508 e. The highest BCUT2D eigenvalue weighted by Gasteiger charge is 2.26. The van der Waals surface area contributed by atoms with Crippen molar-refractivity contribution in [1.29, 1.82) is 0 Å². The Labute approximate surface area is 214 Å². The zero-order valence-corrected chi connectivity index (χ0v) is 21.2. The van der Waals surface area contributed by atoms with E-state index in [-0.39, 0.29) is 16.9 Å². The van der Waals surface area contributed by atoms with Crippen molar-refractivity contribution in [2.24, 2.45) is 0 Å². The van der Waals surface area contributed by atoms with Gasteiger partial charge in [-0.15, -0.1) is 0 Å². The van der Waals surface area contributed by atoms with Crippen molar-refractivity contribution in [3.8, 4) is 23.0 Å². The number of hydrogen-bond donors (Lipinski definition) is 4. The maximum absolute atomic E-state index is 9.37. The smallest absolute Gasteiger partial charge is 0.115 e. The van der Waals surface area contributed by atoms with Crippen LogP contribution in [0.15, 0.2) is 97.1 Å². The maximum atomic E-state index is 9.37. The lowest BCUT2D eigenvalue weighted by Gasteiger charge is -2.29. The van der Waals surface area contributed by atoms with Gasteiger partial charge in [0.25, 0.3) is 0 Å². The van der Waals surface area contributed by atoms with Crippen molar-refractivity contribution in [3.63, 3.8) is 0 Å². The van der Waals surface area contributed by atoms with Crippen molar-refractivity contribution < 1.29 is 20.4 Å². The van der Waals surface area contributed by atoms with Crippen LogP contribution in [-0.2, 0) is 5.41 Å². The molecule has 0 amide bonds. The second kappa shape index (κ2) is 12.2. The van der Waals surface area contributed by atoms with Gasteiger partial charge in [0.15, 0.2) is 0 Å². The predicted molar refractivity (Wildman–Crippen MR) is 146 cm³/mol. The zero-order chi connectivity index (χ0) is 26.1. The molecule has 4 aromatic carbocycles. The molecule has 0 aromatic heterocycles. The van der Waals surface area contributed by atoms with Gasteiger partial charge in [-0.25, -0.2) is 0 Å². The number of phenolic OH excluding ortho intramolecular Hbond substituents is 4. The molecular weight excluding hydrogens is 448 g/mol. The summed E-state index contributed by atoms with van der Waals surface area (Å²) in [6, 6.07) is 29.4. The van der Waals surface area contributed by atoms with Crippen LogP contribution in [-0.4, -0.2) is 20.4 Å². The van der Waals surface area contributed by atoms with Crippen molar-refractivity contribution in [2.45, 2.75) is 51.4 Å². The Kier molecular flexibility index (Phi) is 9.02. The average Bonchev–Trinajstić information content (AvgIpc) is 2.89. The van der Waals surface area contributed by atoms with E-state index in [0.717, 1.165) is 30.4 Å². The molecule has 0 aliphatic carbocycles. The van der Waals surface area contributed by atoms with Gasteiger partial charge in [0.2, 0.25) is 0 Å². The Hall–Kier alpha value is -3.92. The molecule has 0 radical (unpaired) electrons. The topological polar surface area (TPSA) is 80.9 Å². The van der Waals surface area contributed by atoms with Crippen LogP contribution in [0.3, 0.4) is 0 Å². The summed E-state index contributed by atoms with van der Waals surface area (Å²) < 4.78 is 0. The molecule has 0 aliphatic rings. The second-order valence-electron chi connectivity index (χ2n) is 9.30. The molecule has 0 unspecified atom stereocenters. The van der Waals surface area contributed by atoms with E-state index in [4.69, 9.17) is 0 Å². The van der Waals surface area contributed by atoms with Gasteiger partial charge in [-0.3, -0.25) is 0 Å². The van der Waals surface area contributed by atoms with E-state index >= 15 is 0 Å². The molecule has 4 aromatic rings. The molecule has 0 bridgehead atoms. The van der Waals surface area contributed by atoms with E-state index in [0.29, 0.717) is 17.4 Å². The van der Waals surface area contributed by atoms with E-state index < -0.39 is 0 Å². The standard InChI is InChI=1S/2C16H18O2/c1-3-16(2,12-4-8-14(17)9-5-12)13-6-10-15(18)11-7-13;1-2-3-16(12-4-8-14(17)9-5-12)13-6-10-15(18)11-7-13/h4-11,17-18H,3H2,1-2H3;4-11,16-18H,2-3H2,1H3. The summed E-state index contributed by atoms with van der Waals surface area (Å²) in [6.45, 7) is 6.47. The molecule has 188 valence electrons. The Bertz CT molecular complexity index is 1100. The Balaban J connectivity index is 0.000000201. The number of hydrogen-bond acceptors (Lipinski definition) is 4. The lowest BCUT2D eigenvalue weighted by molar-refractivity contribution is 0.472. The van der Waals surface area contributed by atoms with Gasteiger partial charge < -0.3 is 20.4 Å². The zero-order valence-electron chi connectivity index (χ0n) is 21.2. The second-order valence-corrected chi connectivity index (χ2v) is 9.30. The monoisotopic (exact) mass is 484 g/mol. The first kappa shape index (κ1) is 26.7. The van der Waals surface area contributed by atoms with E-state index in [1.807, 2.05) is 48.5 Å². The van der Waals surface area contributed by atoms with Gasteiger partial charge in [0, 0.05) is 11.3 Å². The normalized spacial score (nSPS) is 11.1. The molecule has 0 heterocycles. The first-order valence-corrected chi connectivity index (χ1v) is 12.4. The molecule has 0 saturated carbocycles. The molecule has 0 saturated heterocycles. The van der Waals surface area contributed by atoms with Crippen LogP contribution in [0.25, 0.3) is 0 Å². The third kappa shape index (κ3) is 6.60. The van der Waals surface area contributed by atoms with E-state index in [1.165, 1.54) is 11.1 Å². The Morgan fingerprint density at radius 1 is 0.528 bits per heavy atom. The largest absolute Gasteiger partial charge is 0.508 e. The van der Waals surface area contributed by atoms with Gasteiger partial charge in [0.05, 0.1) is 0 Å². The first-order valence-electron chi connectivity index (χ1n) is 12.4.